The molecular formula is C9H21NO9. The number of nitrogens with zero attached hydrogens (tertiary/aromatic N) is 1. The zero-order valence-electron chi connectivity index (χ0n) is 10.3. The normalized spacial score (nSPS) is 16.6. The van der Waals surface area contributed by atoms with Crippen LogP contribution in [0.3, 0.4) is 0 Å². The smallest absolute Gasteiger partial charge is 0.103 e. The number of rotatable bonds is 12. The molecule has 0 spiro atoms. The summed E-state index contributed by atoms with van der Waals surface area (Å²) in [5, 5.41) is 53.4. The second-order valence-electron chi connectivity index (χ2n) is 3.62. The molecule has 0 aliphatic rings. The molecule has 3 atom stereocenters. The summed E-state index contributed by atoms with van der Waals surface area (Å²) < 4.78 is 0. The zero-order chi connectivity index (χ0) is 14.7. The van der Waals surface area contributed by atoms with Gasteiger partial charge in [-0.05, 0) is 0 Å². The van der Waals surface area contributed by atoms with Crippen molar-refractivity contribution >= 4 is 0 Å². The fraction of sp³-hybridized carbons (Fsp3) is 1.00. The molecule has 0 aromatic heterocycles. The average molecular weight is 287 g/mol. The van der Waals surface area contributed by atoms with Crippen LogP contribution in [0, 0.1) is 0 Å². The van der Waals surface area contributed by atoms with Gasteiger partial charge in [0.25, 0.3) is 0 Å². The number of aliphatic hydroxyl groups excluding tert-OH is 6. The lowest BCUT2D eigenvalue weighted by Gasteiger charge is -2.22. The van der Waals surface area contributed by atoms with Crippen LogP contribution in [0.15, 0.2) is 0 Å². The van der Waals surface area contributed by atoms with Gasteiger partial charge < -0.3 is 30.6 Å². The number of aliphatic hydroxyl groups is 6. The fourth-order valence-corrected chi connectivity index (χ4v) is 0.711. The Bertz CT molecular complexity index is 175. The van der Waals surface area contributed by atoms with Crippen LogP contribution in [0.2, 0.25) is 0 Å². The van der Waals surface area contributed by atoms with E-state index in [0.717, 1.165) is 0 Å². The first-order chi connectivity index (χ1) is 9.03. The van der Waals surface area contributed by atoms with Gasteiger partial charge in [0.05, 0.1) is 25.2 Å². The molecule has 0 aromatic carbocycles. The molecular weight excluding hydrogens is 266 g/mol. The Balaban J connectivity index is 4.06. The summed E-state index contributed by atoms with van der Waals surface area (Å²) in [5.74, 6) is 0. The molecule has 0 rings (SSSR count). The highest BCUT2D eigenvalue weighted by Crippen LogP contribution is 1.99. The van der Waals surface area contributed by atoms with E-state index in [-0.39, 0.29) is 19.8 Å². The molecule has 0 radical (unpaired) electrons. The Hall–Kier alpha value is -0.400. The maximum atomic E-state index is 9.06. The van der Waals surface area contributed by atoms with E-state index in [1.807, 2.05) is 0 Å². The van der Waals surface area contributed by atoms with Crippen LogP contribution in [0.5, 0.6) is 0 Å². The largest absolute Gasteiger partial charge is 0.394 e. The van der Waals surface area contributed by atoms with Crippen molar-refractivity contribution in [2.45, 2.75) is 18.3 Å². The van der Waals surface area contributed by atoms with Crippen molar-refractivity contribution in [3.63, 3.8) is 0 Å². The summed E-state index contributed by atoms with van der Waals surface area (Å²) in [7, 11) is 0. The third-order valence-electron chi connectivity index (χ3n) is 1.75. The minimum atomic E-state index is -1.17. The predicted molar refractivity (Wildman–Crippen MR) is 59.0 cm³/mol. The Morgan fingerprint density at radius 3 is 1.11 bits per heavy atom. The predicted octanol–water partition coefficient (Wildman–Crippen LogP) is -3.86. The highest BCUT2D eigenvalue weighted by molar-refractivity contribution is 4.49. The monoisotopic (exact) mass is 287 g/mol. The van der Waals surface area contributed by atoms with Crippen molar-refractivity contribution in [3.8, 4) is 0 Å². The molecule has 10 heteroatoms. The number of hydrogen-bond donors (Lipinski definition) is 6. The van der Waals surface area contributed by atoms with Gasteiger partial charge in [-0.3, -0.25) is 0 Å². The molecule has 0 fully saturated rings. The number of hydrogen-bond acceptors (Lipinski definition) is 10. The lowest BCUT2D eigenvalue weighted by atomic mass is 10.4. The Morgan fingerprint density at radius 1 is 0.632 bits per heavy atom. The van der Waals surface area contributed by atoms with E-state index in [0.29, 0.717) is 5.39 Å². The topological polar surface area (TPSA) is 152 Å². The minimum Gasteiger partial charge on any atom is -0.394 e. The molecule has 0 saturated carbocycles. The molecule has 0 saturated heterocycles. The second kappa shape index (κ2) is 11.4. The molecule has 0 aliphatic carbocycles. The van der Waals surface area contributed by atoms with Crippen molar-refractivity contribution in [3.05, 3.63) is 0 Å². The van der Waals surface area contributed by atoms with Gasteiger partial charge >= 0.3 is 0 Å². The van der Waals surface area contributed by atoms with Crippen molar-refractivity contribution < 1.29 is 45.2 Å². The van der Waals surface area contributed by atoms with Gasteiger partial charge in [0.1, 0.15) is 38.1 Å². The van der Waals surface area contributed by atoms with Crippen molar-refractivity contribution in [1.29, 1.82) is 0 Å². The van der Waals surface area contributed by atoms with Crippen LogP contribution >= 0.6 is 0 Å². The Labute approximate surface area is 109 Å². The van der Waals surface area contributed by atoms with Crippen LogP contribution in [-0.2, 0) is 14.5 Å². The summed E-state index contributed by atoms with van der Waals surface area (Å²) in [6, 6.07) is 0. The van der Waals surface area contributed by atoms with Gasteiger partial charge in [0.2, 0.25) is 0 Å². The molecule has 19 heavy (non-hydrogen) atoms. The van der Waals surface area contributed by atoms with Gasteiger partial charge in [-0.25, -0.2) is 14.5 Å². The summed E-state index contributed by atoms with van der Waals surface area (Å²) >= 11 is 0. The third kappa shape index (κ3) is 10.1. The second-order valence-corrected chi connectivity index (χ2v) is 3.62. The molecule has 10 nitrogen and oxygen atoms in total. The molecule has 6 N–H and O–H groups in total. The highest BCUT2D eigenvalue weighted by atomic mass is 17.2. The molecule has 0 heterocycles. The first kappa shape index (κ1) is 18.6. The van der Waals surface area contributed by atoms with E-state index < -0.39 is 38.1 Å². The van der Waals surface area contributed by atoms with Crippen LogP contribution in [0.25, 0.3) is 0 Å². The van der Waals surface area contributed by atoms with E-state index in [1.165, 1.54) is 0 Å². The van der Waals surface area contributed by atoms with Gasteiger partial charge in [0.15, 0.2) is 0 Å². The zero-order valence-corrected chi connectivity index (χ0v) is 10.3. The first-order valence-corrected chi connectivity index (χ1v) is 5.59. The van der Waals surface area contributed by atoms with Gasteiger partial charge in [-0.15, -0.1) is 0 Å². The maximum Gasteiger partial charge on any atom is 0.103 e. The summed E-state index contributed by atoms with van der Waals surface area (Å²) in [6.45, 7) is -2.69. The summed E-state index contributed by atoms with van der Waals surface area (Å²) in [6.07, 6.45) is -3.50. The SMILES string of the molecule is OCC(O)CON(OCC(O)CO)OCC(O)CO. The van der Waals surface area contributed by atoms with E-state index in [9.17, 15) is 0 Å². The van der Waals surface area contributed by atoms with Crippen molar-refractivity contribution in [2.75, 3.05) is 39.6 Å². The molecule has 0 bridgehead atoms. The molecule has 0 aliphatic heterocycles. The quantitative estimate of drug-likeness (QED) is 0.197. The van der Waals surface area contributed by atoms with Crippen LogP contribution in [0.4, 0.5) is 0 Å². The van der Waals surface area contributed by atoms with Crippen molar-refractivity contribution in [1.82, 2.24) is 5.39 Å². The van der Waals surface area contributed by atoms with E-state index in [4.69, 9.17) is 45.2 Å². The van der Waals surface area contributed by atoms with E-state index in [1.54, 1.807) is 0 Å². The van der Waals surface area contributed by atoms with Crippen LogP contribution in [0.1, 0.15) is 0 Å². The van der Waals surface area contributed by atoms with E-state index in [2.05, 4.69) is 0 Å². The summed E-state index contributed by atoms with van der Waals surface area (Å²) in [4.78, 5) is 14.3. The lowest BCUT2D eigenvalue weighted by molar-refractivity contribution is -0.533. The molecule has 116 valence electrons. The lowest BCUT2D eigenvalue weighted by Crippen LogP contribution is -2.36. The van der Waals surface area contributed by atoms with E-state index >= 15 is 0 Å². The summed E-state index contributed by atoms with van der Waals surface area (Å²) in [5.41, 5.74) is 0. The van der Waals surface area contributed by atoms with Gasteiger partial charge in [-0.2, -0.15) is 0 Å². The molecule has 0 amide bonds. The average Bonchev–Trinajstić information content (AvgIpc) is 2.44. The highest BCUT2D eigenvalue weighted by Gasteiger charge is 2.15. The molecule has 3 unspecified atom stereocenters. The van der Waals surface area contributed by atoms with Crippen LogP contribution in [-0.4, -0.2) is 94.0 Å². The standard InChI is InChI=1S/C9H21NO9/c11-1-7(14)4-17-10(18-5-8(15)2-12)19-6-9(16)3-13/h7-9,11-16H,1-6H2. The molecule has 0 aromatic rings. The Kier molecular flexibility index (Phi) is 11.2. The first-order valence-electron chi connectivity index (χ1n) is 5.59. The Morgan fingerprint density at radius 2 is 0.895 bits per heavy atom. The minimum absolute atomic E-state index is 0.360. The third-order valence-corrected chi connectivity index (χ3v) is 1.75. The van der Waals surface area contributed by atoms with Gasteiger partial charge in [-0.1, -0.05) is 0 Å². The fourth-order valence-electron chi connectivity index (χ4n) is 0.711. The van der Waals surface area contributed by atoms with Gasteiger partial charge in [0, 0.05) is 0 Å². The van der Waals surface area contributed by atoms with Crippen molar-refractivity contribution in [2.24, 2.45) is 0 Å². The maximum absolute atomic E-state index is 9.06. The van der Waals surface area contributed by atoms with Crippen LogP contribution < -0.4 is 0 Å².